The standard InChI is InChI=1S/C12H17F3N2/c1-3-17(4-2)6-5-16-12-10(14)7-9(13)8-11(12)15/h7-8,16H,3-6H2,1-2H3. The number of rotatable bonds is 6. The molecule has 0 unspecified atom stereocenters. The molecule has 0 heterocycles. The minimum absolute atomic E-state index is 0.265. The van der Waals surface area contributed by atoms with Crippen LogP contribution in [0.2, 0.25) is 0 Å². The van der Waals surface area contributed by atoms with E-state index in [1.54, 1.807) is 0 Å². The van der Waals surface area contributed by atoms with Crippen LogP contribution < -0.4 is 5.32 Å². The van der Waals surface area contributed by atoms with Crippen LogP contribution in [0.25, 0.3) is 0 Å². The molecule has 5 heteroatoms. The van der Waals surface area contributed by atoms with Gasteiger partial charge in [0.1, 0.15) is 11.5 Å². The highest BCUT2D eigenvalue weighted by atomic mass is 19.1. The molecule has 0 saturated carbocycles. The van der Waals surface area contributed by atoms with Crippen molar-refractivity contribution in [3.8, 4) is 0 Å². The van der Waals surface area contributed by atoms with Gasteiger partial charge in [-0.25, -0.2) is 13.2 Å². The fourth-order valence-corrected chi connectivity index (χ4v) is 1.59. The molecule has 1 N–H and O–H groups in total. The van der Waals surface area contributed by atoms with Gasteiger partial charge in [-0.15, -0.1) is 0 Å². The molecule has 0 aliphatic rings. The third-order valence-corrected chi connectivity index (χ3v) is 2.63. The van der Waals surface area contributed by atoms with Crippen molar-refractivity contribution >= 4 is 5.69 Å². The number of anilines is 1. The highest BCUT2D eigenvalue weighted by Gasteiger charge is 2.10. The number of likely N-dealkylation sites (N-methyl/N-ethyl adjacent to an activating group) is 1. The average Bonchev–Trinajstić information content (AvgIpc) is 2.27. The van der Waals surface area contributed by atoms with Gasteiger partial charge in [-0.3, -0.25) is 0 Å². The van der Waals surface area contributed by atoms with Crippen LogP contribution in [0.1, 0.15) is 13.8 Å². The van der Waals surface area contributed by atoms with Crippen molar-refractivity contribution in [2.24, 2.45) is 0 Å². The second-order valence-corrected chi connectivity index (χ2v) is 3.70. The van der Waals surface area contributed by atoms with Gasteiger partial charge in [0.05, 0.1) is 0 Å². The molecule has 1 rings (SSSR count). The predicted octanol–water partition coefficient (Wildman–Crippen LogP) is 2.86. The van der Waals surface area contributed by atoms with Crippen molar-refractivity contribution in [2.45, 2.75) is 13.8 Å². The Bertz CT molecular complexity index is 342. The summed E-state index contributed by atoms with van der Waals surface area (Å²) in [6, 6.07) is 1.34. The Labute approximate surface area is 99.4 Å². The summed E-state index contributed by atoms with van der Waals surface area (Å²) in [5, 5.41) is 2.65. The highest BCUT2D eigenvalue weighted by Crippen LogP contribution is 2.19. The molecule has 17 heavy (non-hydrogen) atoms. The van der Waals surface area contributed by atoms with E-state index in [9.17, 15) is 13.2 Å². The Morgan fingerprint density at radius 1 is 1.06 bits per heavy atom. The third kappa shape index (κ3) is 3.93. The molecule has 0 aliphatic heterocycles. The number of halogens is 3. The Kier molecular flexibility index (Phi) is 5.28. The molecule has 0 amide bonds. The van der Waals surface area contributed by atoms with E-state index >= 15 is 0 Å². The number of benzene rings is 1. The topological polar surface area (TPSA) is 15.3 Å². The second-order valence-electron chi connectivity index (χ2n) is 3.70. The summed E-state index contributed by atoms with van der Waals surface area (Å²) in [5.41, 5.74) is -0.265. The molecule has 0 aromatic heterocycles. The van der Waals surface area contributed by atoms with Crippen LogP contribution in [0, 0.1) is 17.5 Å². The van der Waals surface area contributed by atoms with Gasteiger partial charge in [0.2, 0.25) is 0 Å². The molecule has 96 valence electrons. The zero-order valence-corrected chi connectivity index (χ0v) is 10.1. The van der Waals surface area contributed by atoms with Gasteiger partial charge in [0.25, 0.3) is 0 Å². The SMILES string of the molecule is CCN(CC)CCNc1c(F)cc(F)cc1F. The maximum absolute atomic E-state index is 13.2. The Morgan fingerprint density at radius 2 is 1.59 bits per heavy atom. The molecule has 0 saturated heterocycles. The van der Waals surface area contributed by atoms with Crippen molar-refractivity contribution in [1.82, 2.24) is 4.90 Å². The van der Waals surface area contributed by atoms with E-state index in [0.717, 1.165) is 13.1 Å². The fraction of sp³-hybridized carbons (Fsp3) is 0.500. The molecule has 0 aliphatic carbocycles. The normalized spacial score (nSPS) is 10.9. The van der Waals surface area contributed by atoms with E-state index in [2.05, 4.69) is 10.2 Å². The van der Waals surface area contributed by atoms with Crippen molar-refractivity contribution in [1.29, 1.82) is 0 Å². The first-order chi connectivity index (χ1) is 8.08. The van der Waals surface area contributed by atoms with E-state index in [-0.39, 0.29) is 5.69 Å². The lowest BCUT2D eigenvalue weighted by molar-refractivity contribution is 0.315. The molecule has 0 spiro atoms. The lowest BCUT2D eigenvalue weighted by Gasteiger charge is -2.18. The van der Waals surface area contributed by atoms with Crippen LogP contribution in [0.15, 0.2) is 12.1 Å². The van der Waals surface area contributed by atoms with Gasteiger partial charge >= 0.3 is 0 Å². The van der Waals surface area contributed by atoms with Crippen LogP contribution >= 0.6 is 0 Å². The Morgan fingerprint density at radius 3 is 2.06 bits per heavy atom. The highest BCUT2D eigenvalue weighted by molar-refractivity contribution is 5.46. The number of hydrogen-bond donors (Lipinski definition) is 1. The number of nitrogens with zero attached hydrogens (tertiary/aromatic N) is 1. The smallest absolute Gasteiger partial charge is 0.152 e. The van der Waals surface area contributed by atoms with Crippen LogP contribution in [0.3, 0.4) is 0 Å². The Balaban J connectivity index is 2.58. The van der Waals surface area contributed by atoms with E-state index in [4.69, 9.17) is 0 Å². The van der Waals surface area contributed by atoms with Crippen LogP contribution in [-0.4, -0.2) is 31.1 Å². The lowest BCUT2D eigenvalue weighted by Crippen LogP contribution is -2.29. The predicted molar refractivity (Wildman–Crippen MR) is 62.6 cm³/mol. The molecule has 0 fully saturated rings. The summed E-state index contributed by atoms with van der Waals surface area (Å²) in [6.07, 6.45) is 0. The van der Waals surface area contributed by atoms with Crippen LogP contribution in [-0.2, 0) is 0 Å². The molecule has 0 bridgehead atoms. The molecule has 0 atom stereocenters. The van der Waals surface area contributed by atoms with E-state index in [1.807, 2.05) is 13.8 Å². The molecular formula is C12H17F3N2. The Hall–Kier alpha value is -1.23. The number of hydrogen-bond acceptors (Lipinski definition) is 2. The summed E-state index contributed by atoms with van der Waals surface area (Å²) >= 11 is 0. The average molecular weight is 246 g/mol. The van der Waals surface area contributed by atoms with Gasteiger partial charge in [-0.05, 0) is 13.1 Å². The zero-order valence-electron chi connectivity index (χ0n) is 10.1. The second kappa shape index (κ2) is 6.49. The van der Waals surface area contributed by atoms with Crippen LogP contribution in [0.5, 0.6) is 0 Å². The molecule has 0 radical (unpaired) electrons. The van der Waals surface area contributed by atoms with Gasteiger partial charge in [-0.1, -0.05) is 13.8 Å². The van der Waals surface area contributed by atoms with Gasteiger partial charge in [-0.2, -0.15) is 0 Å². The maximum atomic E-state index is 13.2. The van der Waals surface area contributed by atoms with Crippen molar-refractivity contribution < 1.29 is 13.2 Å². The monoisotopic (exact) mass is 246 g/mol. The van der Waals surface area contributed by atoms with Crippen molar-refractivity contribution in [2.75, 3.05) is 31.5 Å². The maximum Gasteiger partial charge on any atom is 0.152 e. The summed E-state index contributed by atoms with van der Waals surface area (Å²) in [6.45, 7) is 6.90. The van der Waals surface area contributed by atoms with Crippen molar-refractivity contribution in [3.63, 3.8) is 0 Å². The van der Waals surface area contributed by atoms with Gasteiger partial charge in [0.15, 0.2) is 11.6 Å². The minimum Gasteiger partial charge on any atom is -0.379 e. The van der Waals surface area contributed by atoms with Crippen LogP contribution in [0.4, 0.5) is 18.9 Å². The van der Waals surface area contributed by atoms with Gasteiger partial charge < -0.3 is 10.2 Å². The minimum atomic E-state index is -0.908. The third-order valence-electron chi connectivity index (χ3n) is 2.63. The summed E-state index contributed by atoms with van der Waals surface area (Å²) in [4.78, 5) is 2.12. The zero-order chi connectivity index (χ0) is 12.8. The largest absolute Gasteiger partial charge is 0.379 e. The molecule has 1 aromatic carbocycles. The molecular weight excluding hydrogens is 229 g/mol. The van der Waals surface area contributed by atoms with Gasteiger partial charge in [0, 0.05) is 25.2 Å². The fourth-order valence-electron chi connectivity index (χ4n) is 1.59. The summed E-state index contributed by atoms with van der Waals surface area (Å²) < 4.78 is 39.1. The van der Waals surface area contributed by atoms with Crippen molar-refractivity contribution in [3.05, 3.63) is 29.6 Å². The first-order valence-electron chi connectivity index (χ1n) is 5.69. The number of nitrogens with one attached hydrogen (secondary N) is 1. The molecule has 2 nitrogen and oxygen atoms in total. The quantitative estimate of drug-likeness (QED) is 0.830. The lowest BCUT2D eigenvalue weighted by atomic mass is 10.2. The van der Waals surface area contributed by atoms with E-state index in [1.165, 1.54) is 0 Å². The summed E-state index contributed by atoms with van der Waals surface area (Å²) in [7, 11) is 0. The summed E-state index contributed by atoms with van der Waals surface area (Å²) in [5.74, 6) is -2.71. The van der Waals surface area contributed by atoms with E-state index < -0.39 is 17.5 Å². The van der Waals surface area contributed by atoms with E-state index in [0.29, 0.717) is 25.2 Å². The first kappa shape index (κ1) is 13.8. The first-order valence-corrected chi connectivity index (χ1v) is 5.69. The molecule has 1 aromatic rings.